The minimum atomic E-state index is -0.352. The normalized spacial score (nSPS) is 10.7. The van der Waals surface area contributed by atoms with Gasteiger partial charge >= 0.3 is 0 Å². The van der Waals surface area contributed by atoms with Crippen molar-refractivity contribution in [1.82, 2.24) is 4.90 Å². The number of carbonyl (C=O) groups excluding carboxylic acids is 2. The molecule has 0 unspecified atom stereocenters. The lowest BCUT2D eigenvalue weighted by atomic mass is 10.1. The van der Waals surface area contributed by atoms with E-state index < -0.39 is 0 Å². The van der Waals surface area contributed by atoms with Crippen molar-refractivity contribution in [3.8, 4) is 0 Å². The molecule has 2 amide bonds. The van der Waals surface area contributed by atoms with Gasteiger partial charge in [-0.25, -0.2) is 4.39 Å². The van der Waals surface area contributed by atoms with Gasteiger partial charge in [0.05, 0.1) is 11.4 Å². The van der Waals surface area contributed by atoms with Gasteiger partial charge in [-0.05, 0) is 36.2 Å². The van der Waals surface area contributed by atoms with E-state index in [1.807, 2.05) is 31.2 Å². The molecule has 1 heterocycles. The third-order valence-corrected chi connectivity index (χ3v) is 5.21. The van der Waals surface area contributed by atoms with Crippen LogP contribution in [0.25, 0.3) is 10.1 Å². The van der Waals surface area contributed by atoms with Gasteiger partial charge in [-0.15, -0.1) is 11.3 Å². The largest absolute Gasteiger partial charge is 0.332 e. The Balaban J connectivity index is 1.70. The van der Waals surface area contributed by atoms with Crippen molar-refractivity contribution in [2.24, 2.45) is 0 Å². The minimum Gasteiger partial charge on any atom is -0.332 e. The summed E-state index contributed by atoms with van der Waals surface area (Å²) in [6, 6.07) is 13.9. The minimum absolute atomic E-state index is 0.0758. The van der Waals surface area contributed by atoms with E-state index in [4.69, 9.17) is 0 Å². The van der Waals surface area contributed by atoms with Crippen LogP contribution >= 0.6 is 11.3 Å². The number of nitrogens with zero attached hydrogens (tertiary/aromatic N) is 1. The standard InChI is InChI=1S/C20H19FN2O2S/c1-3-13-7-4-5-9-16(13)22-19(24)12-23(2)20(25)18-11-14-15(21)8-6-10-17(14)26-18/h4-11H,3,12H2,1-2H3,(H,22,24). The van der Waals surface area contributed by atoms with Crippen molar-refractivity contribution >= 4 is 38.9 Å². The van der Waals surface area contributed by atoms with Crippen LogP contribution in [0.4, 0.5) is 10.1 Å². The average Bonchev–Trinajstić information content (AvgIpc) is 3.07. The molecule has 0 aliphatic heterocycles. The van der Waals surface area contributed by atoms with E-state index in [0.29, 0.717) is 15.0 Å². The molecule has 0 fully saturated rings. The van der Waals surface area contributed by atoms with Gasteiger partial charge in [-0.3, -0.25) is 9.59 Å². The Morgan fingerprint density at radius 2 is 1.92 bits per heavy atom. The number of para-hydroxylation sites is 1. The molecule has 3 aromatic rings. The summed E-state index contributed by atoms with van der Waals surface area (Å²) in [7, 11) is 1.56. The number of hydrogen-bond donors (Lipinski definition) is 1. The molecular weight excluding hydrogens is 351 g/mol. The molecule has 3 rings (SSSR count). The molecule has 0 bridgehead atoms. The third-order valence-electron chi connectivity index (χ3n) is 4.12. The summed E-state index contributed by atoms with van der Waals surface area (Å²) in [5.74, 6) is -0.923. The number of aryl methyl sites for hydroxylation is 1. The van der Waals surface area contributed by atoms with Crippen LogP contribution < -0.4 is 5.32 Å². The van der Waals surface area contributed by atoms with E-state index in [2.05, 4.69) is 5.32 Å². The lowest BCUT2D eigenvalue weighted by molar-refractivity contribution is -0.116. The molecule has 1 aromatic heterocycles. The monoisotopic (exact) mass is 370 g/mol. The Hall–Kier alpha value is -2.73. The maximum atomic E-state index is 13.8. The fourth-order valence-electron chi connectivity index (χ4n) is 2.75. The van der Waals surface area contributed by atoms with Crippen LogP contribution in [0.15, 0.2) is 48.5 Å². The van der Waals surface area contributed by atoms with E-state index in [1.54, 1.807) is 25.2 Å². The number of nitrogens with one attached hydrogen (secondary N) is 1. The van der Waals surface area contributed by atoms with Gasteiger partial charge in [0.1, 0.15) is 5.82 Å². The number of likely N-dealkylation sites (N-methyl/N-ethyl adjacent to an activating group) is 1. The molecule has 0 aliphatic carbocycles. The molecule has 134 valence electrons. The smallest absolute Gasteiger partial charge is 0.264 e. The molecule has 0 saturated carbocycles. The number of hydrogen-bond acceptors (Lipinski definition) is 3. The highest BCUT2D eigenvalue weighted by atomic mass is 32.1. The predicted molar refractivity (Wildman–Crippen MR) is 103 cm³/mol. The van der Waals surface area contributed by atoms with Gasteiger partial charge in [0.15, 0.2) is 0 Å². The Bertz CT molecular complexity index is 967. The van der Waals surface area contributed by atoms with Crippen molar-refractivity contribution in [1.29, 1.82) is 0 Å². The molecule has 26 heavy (non-hydrogen) atoms. The van der Waals surface area contributed by atoms with E-state index >= 15 is 0 Å². The van der Waals surface area contributed by atoms with Crippen LogP contribution in [0.1, 0.15) is 22.2 Å². The summed E-state index contributed by atoms with van der Waals surface area (Å²) >= 11 is 1.22. The molecule has 4 nitrogen and oxygen atoms in total. The van der Waals surface area contributed by atoms with Crippen molar-refractivity contribution in [3.63, 3.8) is 0 Å². The van der Waals surface area contributed by atoms with Crippen LogP contribution in [0.5, 0.6) is 0 Å². The average molecular weight is 370 g/mol. The van der Waals surface area contributed by atoms with Crippen LogP contribution in [0, 0.1) is 5.82 Å². The Morgan fingerprint density at radius 1 is 1.15 bits per heavy atom. The van der Waals surface area contributed by atoms with Crippen molar-refractivity contribution in [2.75, 3.05) is 18.9 Å². The van der Waals surface area contributed by atoms with Crippen LogP contribution in [-0.4, -0.2) is 30.3 Å². The molecule has 0 aliphatic rings. The van der Waals surface area contributed by atoms with E-state index in [0.717, 1.165) is 17.7 Å². The zero-order valence-corrected chi connectivity index (χ0v) is 15.4. The van der Waals surface area contributed by atoms with Crippen molar-refractivity contribution in [2.45, 2.75) is 13.3 Å². The van der Waals surface area contributed by atoms with Crippen LogP contribution in [0.3, 0.4) is 0 Å². The zero-order chi connectivity index (χ0) is 18.7. The van der Waals surface area contributed by atoms with Crippen molar-refractivity contribution < 1.29 is 14.0 Å². The first-order chi connectivity index (χ1) is 12.5. The second kappa shape index (κ2) is 7.66. The highest BCUT2D eigenvalue weighted by molar-refractivity contribution is 7.20. The van der Waals surface area contributed by atoms with E-state index in [-0.39, 0.29) is 24.2 Å². The maximum absolute atomic E-state index is 13.8. The Morgan fingerprint density at radius 3 is 2.65 bits per heavy atom. The molecular formula is C20H19FN2O2S. The van der Waals surface area contributed by atoms with E-state index in [9.17, 15) is 14.0 Å². The summed E-state index contributed by atoms with van der Waals surface area (Å²) in [6.45, 7) is 1.94. The third kappa shape index (κ3) is 3.75. The molecule has 2 aromatic carbocycles. The van der Waals surface area contributed by atoms with Crippen molar-refractivity contribution in [3.05, 3.63) is 64.8 Å². The summed E-state index contributed by atoms with van der Waals surface area (Å²) in [6.07, 6.45) is 0.804. The lowest BCUT2D eigenvalue weighted by Gasteiger charge is -2.16. The summed E-state index contributed by atoms with van der Waals surface area (Å²) in [4.78, 5) is 26.6. The number of benzene rings is 2. The number of halogens is 1. The lowest BCUT2D eigenvalue weighted by Crippen LogP contribution is -2.34. The second-order valence-corrected chi connectivity index (χ2v) is 7.07. The number of carbonyl (C=O) groups is 2. The number of fused-ring (bicyclic) bond motifs is 1. The molecule has 0 saturated heterocycles. The summed E-state index contributed by atoms with van der Waals surface area (Å²) < 4.78 is 14.5. The van der Waals surface area contributed by atoms with Crippen LogP contribution in [0.2, 0.25) is 0 Å². The fourth-order valence-corrected chi connectivity index (χ4v) is 3.82. The molecule has 6 heteroatoms. The highest BCUT2D eigenvalue weighted by Crippen LogP contribution is 2.28. The first kappa shape index (κ1) is 18.1. The Kier molecular flexibility index (Phi) is 5.32. The number of amides is 2. The summed E-state index contributed by atoms with van der Waals surface area (Å²) in [5.41, 5.74) is 1.79. The second-order valence-electron chi connectivity index (χ2n) is 5.98. The molecule has 0 atom stereocenters. The Labute approximate surface area is 155 Å². The van der Waals surface area contributed by atoms with Gasteiger partial charge in [-0.2, -0.15) is 0 Å². The first-order valence-electron chi connectivity index (χ1n) is 8.31. The predicted octanol–water partition coefficient (Wildman–Crippen LogP) is 4.31. The fraction of sp³-hybridized carbons (Fsp3) is 0.200. The van der Waals surface area contributed by atoms with Gasteiger partial charge in [0, 0.05) is 22.8 Å². The van der Waals surface area contributed by atoms with Crippen LogP contribution in [-0.2, 0) is 11.2 Å². The highest BCUT2D eigenvalue weighted by Gasteiger charge is 2.18. The molecule has 0 radical (unpaired) electrons. The number of rotatable bonds is 5. The van der Waals surface area contributed by atoms with Gasteiger partial charge < -0.3 is 10.2 Å². The number of thiophene rings is 1. The van der Waals surface area contributed by atoms with Gasteiger partial charge in [0.25, 0.3) is 5.91 Å². The zero-order valence-electron chi connectivity index (χ0n) is 14.6. The number of anilines is 1. The van der Waals surface area contributed by atoms with Gasteiger partial charge in [0.2, 0.25) is 5.91 Å². The summed E-state index contributed by atoms with van der Waals surface area (Å²) in [5, 5.41) is 3.27. The quantitative estimate of drug-likeness (QED) is 0.727. The molecule has 0 spiro atoms. The SMILES string of the molecule is CCc1ccccc1NC(=O)CN(C)C(=O)c1cc2c(F)cccc2s1. The maximum Gasteiger partial charge on any atom is 0.264 e. The topological polar surface area (TPSA) is 49.4 Å². The van der Waals surface area contributed by atoms with Gasteiger partial charge in [-0.1, -0.05) is 31.2 Å². The first-order valence-corrected chi connectivity index (χ1v) is 9.12. The van der Waals surface area contributed by atoms with E-state index in [1.165, 1.54) is 22.3 Å². The molecule has 1 N–H and O–H groups in total.